The molecule has 0 saturated carbocycles. The van der Waals surface area contributed by atoms with Crippen LogP contribution < -0.4 is 10.6 Å². The van der Waals surface area contributed by atoms with Gasteiger partial charge >= 0.3 is 12.1 Å². The Morgan fingerprint density at radius 1 is 1.13 bits per heavy atom. The van der Waals surface area contributed by atoms with Gasteiger partial charge in [-0.1, -0.05) is 33.8 Å². The van der Waals surface area contributed by atoms with Crippen LogP contribution in [0.4, 0.5) is 9.18 Å². The quantitative estimate of drug-likeness (QED) is 0.250. The number of aliphatic hydroxyl groups is 1. The number of halogens is 1. The van der Waals surface area contributed by atoms with Crippen molar-refractivity contribution >= 4 is 23.6 Å². The van der Waals surface area contributed by atoms with Gasteiger partial charge in [0.2, 0.25) is 0 Å². The number of esters is 1. The molecular formula is C37H57FN4O10. The Bertz CT molecular complexity index is 1430. The molecule has 1 amide bonds. The lowest BCUT2D eigenvalue weighted by Crippen LogP contribution is -2.62. The predicted molar refractivity (Wildman–Crippen MR) is 187 cm³/mol. The zero-order chi connectivity index (χ0) is 38.8. The minimum Gasteiger partial charge on any atom is -0.455 e. The molecule has 4 heterocycles. The van der Waals surface area contributed by atoms with Crippen molar-refractivity contribution < 1.29 is 52.4 Å². The summed E-state index contributed by atoms with van der Waals surface area (Å²) in [6.45, 7) is 11.3. The van der Waals surface area contributed by atoms with E-state index in [-0.39, 0.29) is 18.6 Å². The van der Waals surface area contributed by atoms with E-state index in [2.05, 4.69) is 15.6 Å². The lowest BCUT2D eigenvalue weighted by atomic mass is 9.73. The number of carbonyl (C=O) groups is 4. The molecule has 3 aliphatic heterocycles. The number of cyclic esters (lactones) is 1. The summed E-state index contributed by atoms with van der Waals surface area (Å²) in [6, 6.07) is 2.43. The highest BCUT2D eigenvalue weighted by Crippen LogP contribution is 2.41. The minimum atomic E-state index is -3.17. The number of methoxy groups -OCH3 is 1. The van der Waals surface area contributed by atoms with E-state index in [1.807, 2.05) is 31.1 Å². The molecular weight excluding hydrogens is 679 g/mol. The summed E-state index contributed by atoms with van der Waals surface area (Å²) in [5.74, 6) is -5.81. The Hall–Kier alpha value is -3.08. The molecule has 0 aliphatic carbocycles. The van der Waals surface area contributed by atoms with Gasteiger partial charge in [-0.2, -0.15) is 0 Å². The zero-order valence-electron chi connectivity index (χ0n) is 32.0. The molecule has 1 aromatic rings. The Labute approximate surface area is 305 Å². The molecule has 3 aliphatic rings. The van der Waals surface area contributed by atoms with Crippen LogP contribution in [0.3, 0.4) is 0 Å². The number of alkyl carbamates (subject to hydrolysis) is 1. The normalized spacial score (nSPS) is 40.8. The Morgan fingerprint density at radius 2 is 1.83 bits per heavy atom. The Balaban J connectivity index is 1.72. The Morgan fingerprint density at radius 3 is 2.42 bits per heavy atom. The number of nitrogens with one attached hydrogen (secondary N) is 2. The maximum Gasteiger partial charge on any atom is 0.408 e. The van der Waals surface area contributed by atoms with Crippen molar-refractivity contribution in [3.8, 4) is 0 Å². The minimum absolute atomic E-state index is 0.00608. The number of ketones is 2. The number of aliphatic hydroxyl groups excluding tert-OH is 1. The van der Waals surface area contributed by atoms with Gasteiger partial charge < -0.3 is 44.3 Å². The summed E-state index contributed by atoms with van der Waals surface area (Å²) < 4.78 is 46.8. The molecule has 15 heteroatoms. The zero-order valence-corrected chi connectivity index (χ0v) is 32.0. The maximum atomic E-state index is 16.6. The highest BCUT2D eigenvalue weighted by Gasteiger charge is 2.59. The third kappa shape index (κ3) is 8.49. The fourth-order valence-corrected chi connectivity index (χ4v) is 8.09. The first-order valence-corrected chi connectivity index (χ1v) is 18.1. The van der Waals surface area contributed by atoms with Crippen molar-refractivity contribution in [1.29, 1.82) is 0 Å². The van der Waals surface area contributed by atoms with Gasteiger partial charge in [0.25, 0.3) is 5.67 Å². The molecule has 3 N–H and O–H groups in total. The van der Waals surface area contributed by atoms with Crippen LogP contribution in [0.5, 0.6) is 0 Å². The number of aromatic nitrogens is 1. The monoisotopic (exact) mass is 736 g/mol. The van der Waals surface area contributed by atoms with Gasteiger partial charge in [0.15, 0.2) is 17.7 Å². The number of pyridine rings is 1. The summed E-state index contributed by atoms with van der Waals surface area (Å²) in [6.07, 6.45) is -2.29. The van der Waals surface area contributed by atoms with Crippen molar-refractivity contribution in [2.24, 2.45) is 17.8 Å². The maximum absolute atomic E-state index is 16.6. The molecule has 13 atom stereocenters. The second-order valence-electron chi connectivity index (χ2n) is 15.4. The van der Waals surface area contributed by atoms with E-state index in [1.54, 1.807) is 40.1 Å². The van der Waals surface area contributed by atoms with Gasteiger partial charge in [0, 0.05) is 56.4 Å². The van der Waals surface area contributed by atoms with Crippen LogP contribution in [0.25, 0.3) is 0 Å². The molecule has 3 fully saturated rings. The molecule has 0 aromatic carbocycles. The van der Waals surface area contributed by atoms with Gasteiger partial charge in [-0.25, -0.2) is 14.0 Å². The van der Waals surface area contributed by atoms with E-state index >= 15 is 4.39 Å². The van der Waals surface area contributed by atoms with Gasteiger partial charge in [0.1, 0.15) is 18.0 Å². The van der Waals surface area contributed by atoms with E-state index in [4.69, 9.17) is 23.7 Å². The summed E-state index contributed by atoms with van der Waals surface area (Å²) in [5.41, 5.74) is -5.19. The molecule has 0 bridgehead atoms. The average molecular weight is 737 g/mol. The van der Waals surface area contributed by atoms with Crippen LogP contribution in [-0.2, 0) is 44.6 Å². The first kappa shape index (κ1) is 41.7. The molecule has 292 valence electrons. The van der Waals surface area contributed by atoms with Crippen LogP contribution in [-0.4, -0.2) is 126 Å². The predicted octanol–water partition coefficient (Wildman–Crippen LogP) is 2.73. The number of carbonyl (C=O) groups excluding carboxylic acids is 4. The van der Waals surface area contributed by atoms with Crippen LogP contribution in [0.1, 0.15) is 73.3 Å². The second-order valence-corrected chi connectivity index (χ2v) is 15.4. The van der Waals surface area contributed by atoms with Crippen molar-refractivity contribution in [2.75, 3.05) is 27.7 Å². The van der Waals surface area contributed by atoms with E-state index < -0.39 is 95.3 Å². The lowest BCUT2D eigenvalue weighted by molar-refractivity contribution is -0.297. The van der Waals surface area contributed by atoms with Crippen molar-refractivity contribution in [1.82, 2.24) is 20.5 Å². The largest absolute Gasteiger partial charge is 0.455 e. The number of hydrogen-bond acceptors (Lipinski definition) is 13. The standard InChI is InChI=1S/C37H57FN4O10/c1-11-26-37(7)29(41-34(47)52-37)21(3)27(43)20(2)16-35(5,48-10)31(22(4)30(45)36(6,38)33(46)50-26)51-32-28(44)25(42(8)9)15-24(49-32)19-40-18-23-13-12-14-39-17-23/h12-14,17,20-22,24-26,28-29,31-32,40,44H,11,15-16,18-19H2,1-10H3,(H,41,47)/t20-,21+,22+,24?,25?,26-,28?,29-,31-,32+,35-,36+,37-/m1/s1. The number of rotatable bonds is 9. The Kier molecular flexibility index (Phi) is 13.2. The number of likely N-dealkylation sites (N-methyl/N-ethyl adjacent to an activating group) is 1. The lowest BCUT2D eigenvalue weighted by Gasteiger charge is -2.47. The number of amides is 1. The molecule has 3 saturated heterocycles. The van der Waals surface area contributed by atoms with Crippen LogP contribution in [0.15, 0.2) is 24.5 Å². The fraction of sp³-hybridized carbons (Fsp3) is 0.757. The number of Topliss-reactive ketones (excluding diaryl/α,β-unsaturated/α-hetero) is 2. The summed E-state index contributed by atoms with van der Waals surface area (Å²) in [5, 5.41) is 17.6. The number of hydrogen-bond donors (Lipinski definition) is 3. The van der Waals surface area contributed by atoms with E-state index in [0.717, 1.165) is 12.5 Å². The van der Waals surface area contributed by atoms with Gasteiger partial charge in [-0.05, 0) is 65.8 Å². The number of alkyl halides is 1. The van der Waals surface area contributed by atoms with Crippen LogP contribution >= 0.6 is 0 Å². The van der Waals surface area contributed by atoms with E-state index in [9.17, 15) is 24.3 Å². The average Bonchev–Trinajstić information content (AvgIpc) is 3.42. The van der Waals surface area contributed by atoms with Gasteiger partial charge in [-0.15, -0.1) is 0 Å². The van der Waals surface area contributed by atoms with Crippen molar-refractivity contribution in [2.45, 2.75) is 134 Å². The number of ether oxygens (including phenoxy) is 5. The van der Waals surface area contributed by atoms with E-state index in [0.29, 0.717) is 19.5 Å². The second kappa shape index (κ2) is 16.5. The third-order valence-electron chi connectivity index (χ3n) is 11.3. The molecule has 0 spiro atoms. The number of fused-ring (bicyclic) bond motifs is 1. The van der Waals surface area contributed by atoms with Gasteiger partial charge in [0.05, 0.1) is 23.9 Å². The van der Waals surface area contributed by atoms with Crippen molar-refractivity contribution in [3.63, 3.8) is 0 Å². The fourth-order valence-electron chi connectivity index (χ4n) is 8.09. The summed E-state index contributed by atoms with van der Waals surface area (Å²) in [4.78, 5) is 60.4. The van der Waals surface area contributed by atoms with Crippen LogP contribution in [0, 0.1) is 17.8 Å². The van der Waals surface area contributed by atoms with Gasteiger partial charge in [-0.3, -0.25) is 14.6 Å². The number of nitrogens with zero attached hydrogens (tertiary/aromatic N) is 2. The topological polar surface area (TPSA) is 175 Å². The molecule has 14 nitrogen and oxygen atoms in total. The molecule has 52 heavy (non-hydrogen) atoms. The third-order valence-corrected chi connectivity index (χ3v) is 11.3. The molecule has 4 rings (SSSR count). The summed E-state index contributed by atoms with van der Waals surface area (Å²) >= 11 is 0. The highest BCUT2D eigenvalue weighted by molar-refractivity contribution is 6.08. The molecule has 1 aromatic heterocycles. The molecule has 3 unspecified atom stereocenters. The summed E-state index contributed by atoms with van der Waals surface area (Å²) in [7, 11) is 5.04. The van der Waals surface area contributed by atoms with Crippen LogP contribution in [0.2, 0.25) is 0 Å². The molecule has 0 radical (unpaired) electrons. The first-order chi connectivity index (χ1) is 24.3. The SMILES string of the molecule is CC[C@H]1OC(=O)[C@@](C)(F)C(=O)[C@H](C)[C@@H](O[C@@H]2OC(CNCc3cccnc3)CC(N(C)C)C2O)[C@](C)(OC)C[C@@H](C)C(=O)[C@H](C)[C@H]2NC(=O)O[C@@]21C. The van der Waals surface area contributed by atoms with E-state index in [1.165, 1.54) is 21.0 Å². The first-order valence-electron chi connectivity index (χ1n) is 18.1. The highest BCUT2D eigenvalue weighted by atomic mass is 19.1. The smallest absolute Gasteiger partial charge is 0.408 e. The van der Waals surface area contributed by atoms with Crippen molar-refractivity contribution in [3.05, 3.63) is 30.1 Å².